The molecule has 0 unspecified atom stereocenters. The van der Waals surface area contributed by atoms with Gasteiger partial charge in [-0.15, -0.1) is 24.8 Å². The molecule has 6 N–H and O–H groups in total. The molecule has 0 saturated carbocycles. The number of aromatic nitrogens is 2. The molecule has 0 fully saturated rings. The fourth-order valence-corrected chi connectivity index (χ4v) is 1.83. The van der Waals surface area contributed by atoms with Crippen molar-refractivity contribution in [3.8, 4) is 0 Å². The lowest BCUT2D eigenvalue weighted by molar-refractivity contribution is 0.869. The normalized spacial score (nSPS) is 9.73. The Bertz CT molecular complexity index is 507. The fraction of sp³-hybridized carbons (Fsp3) is 0.429. The maximum atomic E-state index is 5.47. The Morgan fingerprint density at radius 3 is 1.64 bits per heavy atom. The molecular formula is C14H24Cl2N6. The topological polar surface area (TPSA) is 102 Å². The highest BCUT2D eigenvalue weighted by atomic mass is 35.5. The minimum Gasteiger partial charge on any atom is -0.370 e. The van der Waals surface area contributed by atoms with Gasteiger partial charge in [-0.25, -0.2) is 9.97 Å². The van der Waals surface area contributed by atoms with Gasteiger partial charge in [-0.3, -0.25) is 0 Å². The van der Waals surface area contributed by atoms with E-state index in [0.29, 0.717) is 13.1 Å². The van der Waals surface area contributed by atoms with E-state index < -0.39 is 0 Å². The van der Waals surface area contributed by atoms with Gasteiger partial charge < -0.3 is 22.1 Å². The lowest BCUT2D eigenvalue weighted by atomic mass is 10.3. The van der Waals surface area contributed by atoms with Crippen LogP contribution in [0.25, 0.3) is 11.0 Å². The van der Waals surface area contributed by atoms with Crippen molar-refractivity contribution in [2.24, 2.45) is 11.5 Å². The maximum Gasteiger partial charge on any atom is 0.163 e. The number of halogens is 2. The van der Waals surface area contributed by atoms with E-state index in [0.717, 1.165) is 48.6 Å². The van der Waals surface area contributed by atoms with Crippen molar-refractivity contribution in [3.05, 3.63) is 24.3 Å². The van der Waals surface area contributed by atoms with E-state index in [1.807, 2.05) is 24.3 Å². The largest absolute Gasteiger partial charge is 0.370 e. The lowest BCUT2D eigenvalue weighted by Crippen LogP contribution is -2.10. The summed E-state index contributed by atoms with van der Waals surface area (Å²) >= 11 is 0. The van der Waals surface area contributed by atoms with Gasteiger partial charge in [0.2, 0.25) is 0 Å². The van der Waals surface area contributed by atoms with Gasteiger partial charge in [-0.2, -0.15) is 0 Å². The number of nitrogens with two attached hydrogens (primary N) is 2. The van der Waals surface area contributed by atoms with Crippen LogP contribution in [-0.2, 0) is 0 Å². The van der Waals surface area contributed by atoms with E-state index in [4.69, 9.17) is 11.5 Å². The molecule has 0 aromatic carbocycles. The van der Waals surface area contributed by atoms with Crippen LogP contribution in [0.1, 0.15) is 12.8 Å². The Hall–Kier alpha value is -1.34. The summed E-state index contributed by atoms with van der Waals surface area (Å²) in [5.41, 5.74) is 11.7. The Morgan fingerprint density at radius 1 is 0.773 bits per heavy atom. The molecule has 2 rings (SSSR count). The van der Waals surface area contributed by atoms with Gasteiger partial charge in [-0.1, -0.05) is 0 Å². The molecule has 0 saturated heterocycles. The van der Waals surface area contributed by atoms with Crippen molar-refractivity contribution >= 4 is 47.5 Å². The molecule has 0 amide bonds. The van der Waals surface area contributed by atoms with Crippen LogP contribution < -0.4 is 22.1 Å². The van der Waals surface area contributed by atoms with Crippen molar-refractivity contribution in [3.63, 3.8) is 0 Å². The highest BCUT2D eigenvalue weighted by Crippen LogP contribution is 2.16. The lowest BCUT2D eigenvalue weighted by Gasteiger charge is -2.08. The van der Waals surface area contributed by atoms with Crippen molar-refractivity contribution in [1.29, 1.82) is 0 Å². The number of hydrogen-bond donors (Lipinski definition) is 4. The third-order valence-electron chi connectivity index (χ3n) is 2.93. The van der Waals surface area contributed by atoms with Gasteiger partial charge in [0.15, 0.2) is 5.65 Å². The Balaban J connectivity index is 0.00000220. The summed E-state index contributed by atoms with van der Waals surface area (Å²) in [7, 11) is 0. The number of pyridine rings is 2. The molecule has 124 valence electrons. The summed E-state index contributed by atoms with van der Waals surface area (Å²) in [6, 6.07) is 7.96. The van der Waals surface area contributed by atoms with Crippen LogP contribution in [0, 0.1) is 0 Å². The summed E-state index contributed by atoms with van der Waals surface area (Å²) in [6.07, 6.45) is 1.85. The third-order valence-corrected chi connectivity index (χ3v) is 2.93. The predicted molar refractivity (Wildman–Crippen MR) is 98.4 cm³/mol. The number of hydrogen-bond acceptors (Lipinski definition) is 6. The molecular weight excluding hydrogens is 323 g/mol. The van der Waals surface area contributed by atoms with Crippen LogP contribution >= 0.6 is 24.8 Å². The summed E-state index contributed by atoms with van der Waals surface area (Å²) in [4.78, 5) is 9.02. The molecule has 2 aromatic heterocycles. The molecule has 0 spiro atoms. The summed E-state index contributed by atoms with van der Waals surface area (Å²) in [5, 5.41) is 7.51. The zero-order valence-corrected chi connectivity index (χ0v) is 14.1. The van der Waals surface area contributed by atoms with Gasteiger partial charge in [0, 0.05) is 18.5 Å². The summed E-state index contributed by atoms with van der Waals surface area (Å²) < 4.78 is 0. The average molecular weight is 347 g/mol. The first-order valence-electron chi connectivity index (χ1n) is 6.99. The molecule has 22 heavy (non-hydrogen) atoms. The first-order chi connectivity index (χ1) is 9.83. The highest BCUT2D eigenvalue weighted by molar-refractivity contribution is 5.85. The molecule has 0 atom stereocenters. The van der Waals surface area contributed by atoms with Crippen molar-refractivity contribution in [2.45, 2.75) is 12.8 Å². The standard InChI is InChI=1S/C14H22N6.2ClH/c15-7-1-9-17-12-5-3-11-4-6-13(18-10-2-8-16)20-14(11)19-12;;/h3-6H,1-2,7-10,15-16H2,(H2,17,18,19,20);2*1H. The van der Waals surface area contributed by atoms with Crippen LogP contribution in [0.2, 0.25) is 0 Å². The molecule has 6 nitrogen and oxygen atoms in total. The Labute approximate surface area is 143 Å². The number of nitrogens with zero attached hydrogens (tertiary/aromatic N) is 2. The molecule has 2 heterocycles. The predicted octanol–water partition coefficient (Wildman–Crippen LogP) is 1.99. The van der Waals surface area contributed by atoms with Crippen LogP contribution in [0.3, 0.4) is 0 Å². The molecule has 0 aliphatic carbocycles. The van der Waals surface area contributed by atoms with Crippen molar-refractivity contribution < 1.29 is 0 Å². The minimum absolute atomic E-state index is 0. The van der Waals surface area contributed by atoms with E-state index in [2.05, 4.69) is 20.6 Å². The van der Waals surface area contributed by atoms with Gasteiger partial charge in [0.05, 0.1) is 0 Å². The number of fused-ring (bicyclic) bond motifs is 1. The molecule has 8 heteroatoms. The quantitative estimate of drug-likeness (QED) is 0.545. The second kappa shape index (κ2) is 11.3. The smallest absolute Gasteiger partial charge is 0.163 e. The zero-order chi connectivity index (χ0) is 14.2. The van der Waals surface area contributed by atoms with Gasteiger partial charge in [-0.05, 0) is 50.2 Å². The Kier molecular flexibility index (Phi) is 10.6. The molecule has 0 aliphatic heterocycles. The summed E-state index contributed by atoms with van der Waals surface area (Å²) in [5.74, 6) is 1.66. The molecule has 0 bridgehead atoms. The van der Waals surface area contributed by atoms with Crippen LogP contribution in [0.4, 0.5) is 11.6 Å². The SMILES string of the molecule is Cl.Cl.NCCCNc1ccc2ccc(NCCCN)nc2n1. The van der Waals surface area contributed by atoms with E-state index in [1.54, 1.807) is 0 Å². The van der Waals surface area contributed by atoms with Gasteiger partial charge >= 0.3 is 0 Å². The van der Waals surface area contributed by atoms with E-state index in [-0.39, 0.29) is 24.8 Å². The first-order valence-corrected chi connectivity index (χ1v) is 6.99. The van der Waals surface area contributed by atoms with Gasteiger partial charge in [0.25, 0.3) is 0 Å². The average Bonchev–Trinajstić information content (AvgIpc) is 2.47. The van der Waals surface area contributed by atoms with Crippen molar-refractivity contribution in [1.82, 2.24) is 9.97 Å². The van der Waals surface area contributed by atoms with Gasteiger partial charge in [0.1, 0.15) is 11.6 Å². The second-order valence-corrected chi connectivity index (χ2v) is 4.58. The zero-order valence-electron chi connectivity index (χ0n) is 12.4. The van der Waals surface area contributed by atoms with E-state index >= 15 is 0 Å². The van der Waals surface area contributed by atoms with Crippen molar-refractivity contribution in [2.75, 3.05) is 36.8 Å². The molecule has 0 aliphatic rings. The first kappa shape index (κ1) is 20.7. The van der Waals surface area contributed by atoms with E-state index in [1.165, 1.54) is 0 Å². The number of nitrogens with one attached hydrogen (secondary N) is 2. The monoisotopic (exact) mass is 346 g/mol. The van der Waals surface area contributed by atoms with E-state index in [9.17, 15) is 0 Å². The second-order valence-electron chi connectivity index (χ2n) is 4.58. The number of anilines is 2. The number of rotatable bonds is 8. The fourth-order valence-electron chi connectivity index (χ4n) is 1.83. The van der Waals surface area contributed by atoms with Crippen LogP contribution in [-0.4, -0.2) is 36.1 Å². The summed E-state index contributed by atoms with van der Waals surface area (Å²) in [6.45, 7) is 3.00. The molecule has 2 aromatic rings. The molecule has 0 radical (unpaired) electrons. The Morgan fingerprint density at radius 2 is 1.23 bits per heavy atom. The third kappa shape index (κ3) is 6.19. The maximum absolute atomic E-state index is 5.47. The highest BCUT2D eigenvalue weighted by Gasteiger charge is 2.01. The van der Waals surface area contributed by atoms with Crippen LogP contribution in [0.15, 0.2) is 24.3 Å². The minimum atomic E-state index is 0. The van der Waals surface area contributed by atoms with Crippen LogP contribution in [0.5, 0.6) is 0 Å².